The second-order valence-corrected chi connectivity index (χ2v) is 10.8. The van der Waals surface area contributed by atoms with Crippen molar-refractivity contribution < 1.29 is 14.7 Å². The number of carbonyl (C=O) groups is 2. The van der Waals surface area contributed by atoms with Crippen molar-refractivity contribution in [3.63, 3.8) is 0 Å². The highest BCUT2D eigenvalue weighted by atomic mass is 16.4. The average molecular weight is 491 g/mol. The van der Waals surface area contributed by atoms with Crippen molar-refractivity contribution in [2.24, 2.45) is 28.6 Å². The van der Waals surface area contributed by atoms with Crippen molar-refractivity contribution in [2.75, 3.05) is 0 Å². The number of aldehydes is 1. The number of hydrogen-bond donors (Lipinski definition) is 2. The number of hydrogen-bond acceptors (Lipinski definition) is 5. The molecule has 0 amide bonds. The Balaban J connectivity index is 1.51. The van der Waals surface area contributed by atoms with Gasteiger partial charge in [0.05, 0.1) is 5.41 Å². The summed E-state index contributed by atoms with van der Waals surface area (Å²) in [6.45, 7) is 4.61. The smallest absolute Gasteiger partial charge is 0.332 e. The monoisotopic (exact) mass is 490 g/mol. The fourth-order valence-electron chi connectivity index (χ4n) is 7.88. The van der Waals surface area contributed by atoms with Gasteiger partial charge in [-0.3, -0.25) is 18.7 Å². The highest BCUT2D eigenvalue weighted by molar-refractivity contribution is 5.85. The van der Waals surface area contributed by atoms with Gasteiger partial charge < -0.3 is 14.9 Å². The van der Waals surface area contributed by atoms with Crippen molar-refractivity contribution in [3.8, 4) is 0 Å². The number of aromatic amines is 1. The molecule has 0 radical (unpaired) electrons. The van der Waals surface area contributed by atoms with Gasteiger partial charge in [0.15, 0.2) is 5.65 Å². The van der Waals surface area contributed by atoms with Gasteiger partial charge >= 0.3 is 11.7 Å². The molecule has 3 aromatic rings. The summed E-state index contributed by atoms with van der Waals surface area (Å²) < 4.78 is 2.79. The topological polar surface area (TPSA) is 127 Å². The minimum atomic E-state index is -1.07. The lowest BCUT2D eigenvalue weighted by Gasteiger charge is -2.31. The summed E-state index contributed by atoms with van der Waals surface area (Å²) in [5.41, 5.74) is -0.977. The first-order valence-electron chi connectivity index (χ1n) is 12.8. The number of nitrogens with one attached hydrogen (secondary N) is 1. The fourth-order valence-corrected chi connectivity index (χ4v) is 7.88. The number of aromatic nitrogens is 4. The molecule has 2 N–H and O–H groups in total. The normalized spacial score (nSPS) is 31.7. The van der Waals surface area contributed by atoms with Gasteiger partial charge in [-0.2, -0.15) is 0 Å². The van der Waals surface area contributed by atoms with Crippen LogP contribution in [0.3, 0.4) is 0 Å². The van der Waals surface area contributed by atoms with Gasteiger partial charge in [0, 0.05) is 24.4 Å². The van der Waals surface area contributed by atoms with Crippen LogP contribution in [0.2, 0.25) is 0 Å². The van der Waals surface area contributed by atoms with Gasteiger partial charge in [-0.1, -0.05) is 44.2 Å². The molecule has 6 atom stereocenters. The minimum Gasteiger partial charge on any atom is -0.481 e. The number of aliphatic carboxylic acids is 1. The van der Waals surface area contributed by atoms with Crippen LogP contribution in [0.15, 0.2) is 39.9 Å². The molecule has 4 bridgehead atoms. The van der Waals surface area contributed by atoms with Crippen LogP contribution in [0.4, 0.5) is 0 Å². The largest absolute Gasteiger partial charge is 0.481 e. The molecule has 4 fully saturated rings. The summed E-state index contributed by atoms with van der Waals surface area (Å²) in [5, 5.41) is 10.6. The number of carboxylic acid groups (broad SMARTS) is 1. The SMILES string of the molecule is CCCn1c(=O)c2[nH]c(C3C4C5C4(C=O)CC3C5(Cc3ccccc3)C(=O)O)nc2n(CCC)c1=O. The van der Waals surface area contributed by atoms with E-state index < -0.39 is 22.4 Å². The Kier molecular flexibility index (Phi) is 4.94. The van der Waals surface area contributed by atoms with E-state index >= 15 is 0 Å². The lowest BCUT2D eigenvalue weighted by molar-refractivity contribution is -0.151. The summed E-state index contributed by atoms with van der Waals surface area (Å²) in [7, 11) is 0. The van der Waals surface area contributed by atoms with Crippen LogP contribution >= 0.6 is 0 Å². The highest BCUT2D eigenvalue weighted by Crippen LogP contribution is 2.88. The molecule has 4 saturated carbocycles. The average Bonchev–Trinajstić information content (AvgIpc) is 3.25. The number of aryl methyl sites for hydroxylation is 1. The Labute approximate surface area is 207 Å². The fraction of sp³-hybridized carbons (Fsp3) is 0.519. The number of imidazole rings is 1. The van der Waals surface area contributed by atoms with E-state index in [1.807, 2.05) is 44.2 Å². The maximum absolute atomic E-state index is 13.2. The predicted molar refractivity (Wildman–Crippen MR) is 132 cm³/mol. The van der Waals surface area contributed by atoms with Crippen LogP contribution in [-0.2, 0) is 29.1 Å². The van der Waals surface area contributed by atoms with E-state index in [9.17, 15) is 24.3 Å². The first-order chi connectivity index (χ1) is 17.4. The van der Waals surface area contributed by atoms with Gasteiger partial charge in [0.1, 0.15) is 17.6 Å². The predicted octanol–water partition coefficient (Wildman–Crippen LogP) is 2.57. The molecule has 0 spiro atoms. The number of benzene rings is 1. The van der Waals surface area contributed by atoms with Crippen molar-refractivity contribution in [1.82, 2.24) is 19.1 Å². The van der Waals surface area contributed by atoms with Crippen LogP contribution in [0.1, 0.15) is 50.4 Å². The molecular formula is C27H30N4O5. The van der Waals surface area contributed by atoms with Gasteiger partial charge in [-0.25, -0.2) is 9.78 Å². The maximum Gasteiger partial charge on any atom is 0.332 e. The number of rotatable bonds is 9. The molecule has 9 heteroatoms. The number of carboxylic acids is 1. The second kappa shape index (κ2) is 7.75. The van der Waals surface area contributed by atoms with E-state index in [-0.39, 0.29) is 34.9 Å². The first kappa shape index (κ1) is 22.9. The van der Waals surface area contributed by atoms with Crippen LogP contribution in [0.5, 0.6) is 0 Å². The van der Waals surface area contributed by atoms with E-state index in [0.29, 0.717) is 50.2 Å². The molecule has 36 heavy (non-hydrogen) atoms. The molecule has 7 rings (SSSR count). The van der Waals surface area contributed by atoms with E-state index in [4.69, 9.17) is 4.98 Å². The molecule has 1 aromatic carbocycles. The summed E-state index contributed by atoms with van der Waals surface area (Å²) >= 11 is 0. The van der Waals surface area contributed by atoms with Gasteiger partial charge in [-0.15, -0.1) is 0 Å². The van der Waals surface area contributed by atoms with Crippen molar-refractivity contribution in [3.05, 3.63) is 62.6 Å². The van der Waals surface area contributed by atoms with Gasteiger partial charge in [0.2, 0.25) is 0 Å². The molecule has 9 nitrogen and oxygen atoms in total. The van der Waals surface area contributed by atoms with Crippen LogP contribution in [0, 0.1) is 28.6 Å². The van der Waals surface area contributed by atoms with E-state index in [0.717, 1.165) is 11.8 Å². The number of fused-ring (bicyclic) bond motifs is 1. The molecule has 2 aromatic heterocycles. The Hall–Kier alpha value is -3.49. The van der Waals surface area contributed by atoms with E-state index in [1.54, 1.807) is 4.57 Å². The number of H-pyrrole nitrogens is 1. The third kappa shape index (κ3) is 2.68. The van der Waals surface area contributed by atoms with Crippen molar-refractivity contribution in [2.45, 2.75) is 58.5 Å². The third-order valence-electron chi connectivity index (χ3n) is 9.11. The molecule has 6 unspecified atom stereocenters. The minimum absolute atomic E-state index is 0.135. The summed E-state index contributed by atoms with van der Waals surface area (Å²) in [6.07, 6.45) is 3.17. The molecule has 0 saturated heterocycles. The standard InChI is InChI=1S/C27H30N4O5/c1-3-10-30-22-19(23(33)31(11-4-2)25(30)36)28-21(29-22)17-16-13-26(14-32)18(17)20(26)27(16,24(34)35)12-15-8-6-5-7-9-15/h5-9,14,16-18,20H,3-4,10-13H2,1-2H3,(H,28,29)(H,34,35). The number of carbonyl (C=O) groups excluding carboxylic acids is 1. The van der Waals surface area contributed by atoms with E-state index in [2.05, 4.69) is 4.98 Å². The molecule has 0 aliphatic heterocycles. The molecular weight excluding hydrogens is 460 g/mol. The quantitative estimate of drug-likeness (QED) is 0.444. The highest BCUT2D eigenvalue weighted by Gasteiger charge is 2.90. The van der Waals surface area contributed by atoms with Gasteiger partial charge in [-0.05, 0) is 49.0 Å². The van der Waals surface area contributed by atoms with Gasteiger partial charge in [0.25, 0.3) is 5.56 Å². The third-order valence-corrected chi connectivity index (χ3v) is 9.11. The zero-order chi connectivity index (χ0) is 25.4. The summed E-state index contributed by atoms with van der Waals surface area (Å²) in [5.74, 6) is -1.32. The Bertz CT molecular complexity index is 1500. The van der Waals surface area contributed by atoms with E-state index in [1.165, 1.54) is 4.57 Å². The van der Waals surface area contributed by atoms with Crippen LogP contribution in [0.25, 0.3) is 11.2 Å². The Morgan fingerprint density at radius 3 is 2.47 bits per heavy atom. The Morgan fingerprint density at radius 1 is 1.17 bits per heavy atom. The zero-order valence-electron chi connectivity index (χ0n) is 20.4. The van der Waals surface area contributed by atoms with Crippen molar-refractivity contribution >= 4 is 23.4 Å². The molecule has 188 valence electrons. The summed E-state index contributed by atoms with van der Waals surface area (Å²) in [4.78, 5) is 59.6. The molecule has 4 aliphatic carbocycles. The van der Waals surface area contributed by atoms with Crippen molar-refractivity contribution in [1.29, 1.82) is 0 Å². The maximum atomic E-state index is 13.2. The lowest BCUT2D eigenvalue weighted by Crippen LogP contribution is -2.40. The lowest BCUT2D eigenvalue weighted by atomic mass is 9.71. The first-order valence-corrected chi connectivity index (χ1v) is 12.8. The van der Waals surface area contributed by atoms with Crippen LogP contribution in [-0.4, -0.2) is 36.5 Å². The number of nitrogens with zero attached hydrogens (tertiary/aromatic N) is 3. The molecule has 2 heterocycles. The molecule has 4 aliphatic rings. The van der Waals surface area contributed by atoms with Crippen LogP contribution < -0.4 is 11.2 Å². The zero-order valence-corrected chi connectivity index (χ0v) is 20.4. The second-order valence-electron chi connectivity index (χ2n) is 10.8. The Morgan fingerprint density at radius 2 is 1.86 bits per heavy atom. The summed E-state index contributed by atoms with van der Waals surface area (Å²) in [6, 6.07) is 9.56.